The molecule has 0 radical (unpaired) electrons. The summed E-state index contributed by atoms with van der Waals surface area (Å²) in [5.74, 6) is -0.786. The smallest absolute Gasteiger partial charge is 0.339 e. The Morgan fingerprint density at radius 2 is 1.71 bits per heavy atom. The van der Waals surface area contributed by atoms with Crippen LogP contribution in [0.4, 0.5) is 0 Å². The van der Waals surface area contributed by atoms with Gasteiger partial charge in [-0.3, -0.25) is 0 Å². The van der Waals surface area contributed by atoms with Gasteiger partial charge in [-0.25, -0.2) is 13.2 Å². The largest absolute Gasteiger partial charge is 0.497 e. The van der Waals surface area contributed by atoms with Crippen LogP contribution >= 0.6 is 0 Å². The molecule has 0 unspecified atom stereocenters. The highest BCUT2D eigenvalue weighted by molar-refractivity contribution is 7.91. The number of hydrogen-bond acceptors (Lipinski definition) is 6. The summed E-state index contributed by atoms with van der Waals surface area (Å²) in [6.45, 7) is -0.253. The Balaban J connectivity index is 1.66. The molecule has 3 rings (SSSR count). The summed E-state index contributed by atoms with van der Waals surface area (Å²) in [6.07, 6.45) is 0. The molecule has 146 valence electrons. The average Bonchev–Trinajstić information content (AvgIpc) is 2.70. The Bertz CT molecular complexity index is 1110. The number of ether oxygens (including phenoxy) is 1. The number of carbonyl (C=O) groups is 1. The van der Waals surface area contributed by atoms with Crippen LogP contribution in [0, 0.1) is 0 Å². The molecule has 0 bridgehead atoms. The topological polar surface area (TPSA) is 99.1 Å². The van der Waals surface area contributed by atoms with Crippen LogP contribution < -0.4 is 9.62 Å². The summed E-state index contributed by atoms with van der Waals surface area (Å²) in [6, 6.07) is 16.1. The van der Waals surface area contributed by atoms with E-state index in [2.05, 4.69) is 0 Å². The van der Waals surface area contributed by atoms with Crippen molar-refractivity contribution in [1.29, 1.82) is 0 Å². The summed E-state index contributed by atoms with van der Waals surface area (Å²) in [5, 5.41) is 10.7. The maximum Gasteiger partial charge on any atom is 0.339 e. The zero-order valence-corrected chi connectivity index (χ0v) is 15.8. The van der Waals surface area contributed by atoms with Crippen molar-refractivity contribution in [2.24, 2.45) is 0 Å². The molecule has 0 saturated heterocycles. The van der Waals surface area contributed by atoms with Gasteiger partial charge in [0, 0.05) is 0 Å². The van der Waals surface area contributed by atoms with Crippen molar-refractivity contribution in [3.05, 3.63) is 66.2 Å². The van der Waals surface area contributed by atoms with Crippen molar-refractivity contribution in [3.8, 4) is 11.5 Å². The van der Waals surface area contributed by atoms with Crippen LogP contribution in [0.1, 0.15) is 10.4 Å². The Morgan fingerprint density at radius 3 is 2.46 bits per heavy atom. The molecule has 0 aliphatic rings. The molecule has 0 amide bonds. The van der Waals surface area contributed by atoms with Crippen LogP contribution in [0.25, 0.3) is 10.8 Å². The van der Waals surface area contributed by atoms with Crippen molar-refractivity contribution in [3.63, 3.8) is 0 Å². The maximum atomic E-state index is 12.5. The number of benzene rings is 3. The van der Waals surface area contributed by atoms with Crippen LogP contribution in [-0.4, -0.2) is 39.0 Å². The molecular formula is C20H18O7S. The number of hydrogen-bond donors (Lipinski definition) is 1. The summed E-state index contributed by atoms with van der Waals surface area (Å²) in [5.41, 5.74) is -0.0738. The van der Waals surface area contributed by atoms with Crippen LogP contribution in [0.5, 0.6) is 11.5 Å². The summed E-state index contributed by atoms with van der Waals surface area (Å²) < 4.78 is 30.2. The molecule has 0 aliphatic heterocycles. The lowest BCUT2D eigenvalue weighted by atomic mass is 10.1. The van der Waals surface area contributed by atoms with Gasteiger partial charge in [0.15, 0.2) is 15.6 Å². The highest BCUT2D eigenvalue weighted by atomic mass is 32.2. The number of sulfone groups is 1. The third kappa shape index (κ3) is 4.41. The van der Waals surface area contributed by atoms with Gasteiger partial charge in [-0.15, -0.1) is 0 Å². The standard InChI is InChI=1S/C20H18O7S/c1-25-16-8-6-15-13-17(9-7-14(15)12-16)28(23,24)11-10-26-27-19-5-3-2-4-18(19)20(21)22/h2-9,12-13H,10-11H2,1H3,(H,21,22). The third-order valence-corrected chi connectivity index (χ3v) is 5.76. The van der Waals surface area contributed by atoms with Crippen molar-refractivity contribution < 1.29 is 32.8 Å². The number of aromatic carboxylic acids is 1. The van der Waals surface area contributed by atoms with E-state index in [1.54, 1.807) is 43.5 Å². The Labute approximate surface area is 161 Å². The number of carboxylic acids is 1. The van der Waals surface area contributed by atoms with Gasteiger partial charge in [-0.05, 0) is 47.2 Å². The highest BCUT2D eigenvalue weighted by Crippen LogP contribution is 2.24. The maximum absolute atomic E-state index is 12.5. The second-order valence-electron chi connectivity index (χ2n) is 5.90. The molecule has 0 heterocycles. The average molecular weight is 402 g/mol. The minimum absolute atomic E-state index is 0.00653. The molecule has 28 heavy (non-hydrogen) atoms. The van der Waals surface area contributed by atoms with Gasteiger partial charge >= 0.3 is 5.97 Å². The van der Waals surface area contributed by atoms with Crippen molar-refractivity contribution in [2.75, 3.05) is 19.5 Å². The number of fused-ring (bicyclic) bond motifs is 1. The lowest BCUT2D eigenvalue weighted by Gasteiger charge is -2.09. The highest BCUT2D eigenvalue weighted by Gasteiger charge is 2.16. The van der Waals surface area contributed by atoms with Crippen LogP contribution in [0.3, 0.4) is 0 Å². The molecule has 0 spiro atoms. The predicted molar refractivity (Wildman–Crippen MR) is 103 cm³/mol. The predicted octanol–water partition coefficient (Wildman–Crippen LogP) is 3.33. The third-order valence-electron chi connectivity index (χ3n) is 4.08. The first-order chi connectivity index (χ1) is 13.4. The molecule has 0 atom stereocenters. The van der Waals surface area contributed by atoms with Gasteiger partial charge < -0.3 is 14.7 Å². The van der Waals surface area contributed by atoms with Gasteiger partial charge in [0.1, 0.15) is 17.9 Å². The molecule has 0 aromatic heterocycles. The van der Waals surface area contributed by atoms with E-state index in [-0.39, 0.29) is 28.6 Å². The zero-order valence-electron chi connectivity index (χ0n) is 15.0. The first kappa shape index (κ1) is 19.7. The summed E-state index contributed by atoms with van der Waals surface area (Å²) >= 11 is 0. The van der Waals surface area contributed by atoms with E-state index in [0.717, 1.165) is 10.8 Å². The number of para-hydroxylation sites is 1. The van der Waals surface area contributed by atoms with Gasteiger partial charge in [0.2, 0.25) is 0 Å². The molecule has 0 aliphatic carbocycles. The lowest BCUT2D eigenvalue weighted by Crippen LogP contribution is -2.14. The van der Waals surface area contributed by atoms with E-state index < -0.39 is 15.8 Å². The first-order valence-electron chi connectivity index (χ1n) is 8.33. The minimum Gasteiger partial charge on any atom is -0.497 e. The minimum atomic E-state index is -3.60. The molecule has 0 fully saturated rings. The van der Waals surface area contributed by atoms with E-state index in [9.17, 15) is 13.2 Å². The molecule has 8 heteroatoms. The monoisotopic (exact) mass is 402 g/mol. The lowest BCUT2D eigenvalue weighted by molar-refractivity contribution is -0.201. The Hall–Kier alpha value is -3.10. The fourth-order valence-electron chi connectivity index (χ4n) is 2.61. The summed E-state index contributed by atoms with van der Waals surface area (Å²) in [4.78, 5) is 21.2. The second-order valence-corrected chi connectivity index (χ2v) is 8.01. The van der Waals surface area contributed by atoms with Crippen LogP contribution in [0.15, 0.2) is 65.6 Å². The van der Waals surface area contributed by atoms with E-state index in [1.165, 1.54) is 18.2 Å². The number of carboxylic acid groups (broad SMARTS) is 1. The van der Waals surface area contributed by atoms with Gasteiger partial charge in [0.05, 0.1) is 17.8 Å². The molecule has 3 aromatic rings. The summed E-state index contributed by atoms with van der Waals surface area (Å²) in [7, 11) is -2.03. The van der Waals surface area contributed by atoms with Crippen molar-refractivity contribution >= 4 is 26.6 Å². The number of methoxy groups -OCH3 is 1. The molecular weight excluding hydrogens is 384 g/mol. The Morgan fingerprint density at radius 1 is 1.00 bits per heavy atom. The van der Waals surface area contributed by atoms with E-state index in [1.807, 2.05) is 6.07 Å². The zero-order chi connectivity index (χ0) is 20.1. The quantitative estimate of drug-likeness (QED) is 0.350. The molecule has 3 aromatic carbocycles. The Kier molecular flexibility index (Phi) is 5.81. The number of rotatable bonds is 8. The first-order valence-corrected chi connectivity index (χ1v) is 9.98. The van der Waals surface area contributed by atoms with Crippen molar-refractivity contribution in [2.45, 2.75) is 4.90 Å². The normalized spacial score (nSPS) is 11.3. The fourth-order valence-corrected chi connectivity index (χ4v) is 3.71. The van der Waals surface area contributed by atoms with Gasteiger partial charge in [-0.2, -0.15) is 4.89 Å². The van der Waals surface area contributed by atoms with E-state index in [4.69, 9.17) is 19.6 Å². The SMILES string of the molecule is COc1ccc2cc(S(=O)(=O)CCOOc3ccccc3C(=O)O)ccc2c1. The van der Waals surface area contributed by atoms with E-state index in [0.29, 0.717) is 5.75 Å². The van der Waals surface area contributed by atoms with Gasteiger partial charge in [-0.1, -0.05) is 24.3 Å². The molecule has 7 nitrogen and oxygen atoms in total. The van der Waals surface area contributed by atoms with Gasteiger partial charge in [0.25, 0.3) is 0 Å². The fraction of sp³-hybridized carbons (Fsp3) is 0.150. The van der Waals surface area contributed by atoms with Crippen LogP contribution in [0.2, 0.25) is 0 Å². The van der Waals surface area contributed by atoms with Crippen LogP contribution in [-0.2, 0) is 14.7 Å². The van der Waals surface area contributed by atoms with E-state index >= 15 is 0 Å². The molecule has 0 saturated carbocycles. The second kappa shape index (κ2) is 8.28. The molecule has 1 N–H and O–H groups in total. The van der Waals surface area contributed by atoms with Crippen molar-refractivity contribution in [1.82, 2.24) is 0 Å².